The van der Waals surface area contributed by atoms with Crippen LogP contribution in [0.25, 0.3) is 0 Å². The van der Waals surface area contributed by atoms with E-state index < -0.39 is 0 Å². The van der Waals surface area contributed by atoms with Crippen molar-refractivity contribution in [3.63, 3.8) is 0 Å². The van der Waals surface area contributed by atoms with E-state index in [4.69, 9.17) is 4.74 Å². The van der Waals surface area contributed by atoms with Gasteiger partial charge in [0.05, 0.1) is 25.4 Å². The van der Waals surface area contributed by atoms with Crippen LogP contribution in [0, 0.1) is 0 Å². The van der Waals surface area contributed by atoms with Gasteiger partial charge < -0.3 is 14.7 Å². The van der Waals surface area contributed by atoms with Crippen molar-refractivity contribution in [2.24, 2.45) is 0 Å². The highest BCUT2D eigenvalue weighted by molar-refractivity contribution is 5.78. The minimum Gasteiger partial charge on any atom is -0.395 e. The van der Waals surface area contributed by atoms with Gasteiger partial charge in [-0.1, -0.05) is 30.3 Å². The number of ether oxygens (including phenoxy) is 1. The number of aliphatic hydroxyl groups is 1. The van der Waals surface area contributed by atoms with Crippen LogP contribution in [0.1, 0.15) is 19.4 Å². The summed E-state index contributed by atoms with van der Waals surface area (Å²) in [7, 11) is 0. The van der Waals surface area contributed by atoms with Crippen molar-refractivity contribution < 1.29 is 14.6 Å². The topological polar surface area (TPSA) is 53.0 Å². The summed E-state index contributed by atoms with van der Waals surface area (Å²) in [6.07, 6.45) is 1.04. The van der Waals surface area contributed by atoms with Crippen LogP contribution in [-0.2, 0) is 16.0 Å². The molecule has 0 saturated carbocycles. The van der Waals surface area contributed by atoms with Crippen LogP contribution in [0.4, 0.5) is 0 Å². The van der Waals surface area contributed by atoms with E-state index in [0.717, 1.165) is 13.0 Å². The molecule has 1 saturated heterocycles. The Hall–Kier alpha value is -1.43. The molecule has 0 spiro atoms. The van der Waals surface area contributed by atoms with E-state index >= 15 is 0 Å². The summed E-state index contributed by atoms with van der Waals surface area (Å²) in [6, 6.07) is 10.2. The maximum Gasteiger partial charge on any atom is 0.236 e. The first-order valence-corrected chi connectivity index (χ1v) is 8.39. The van der Waals surface area contributed by atoms with E-state index in [1.807, 2.05) is 41.8 Å². The van der Waals surface area contributed by atoms with Crippen molar-refractivity contribution in [2.75, 3.05) is 39.3 Å². The van der Waals surface area contributed by atoms with E-state index in [-0.39, 0.29) is 24.7 Å². The first-order chi connectivity index (χ1) is 11.1. The second-order valence-electron chi connectivity index (χ2n) is 6.29. The Morgan fingerprint density at radius 1 is 1.22 bits per heavy atom. The molecule has 1 amide bonds. The zero-order valence-corrected chi connectivity index (χ0v) is 14.1. The fraction of sp³-hybridized carbons (Fsp3) is 0.611. The molecule has 5 nitrogen and oxygen atoms in total. The van der Waals surface area contributed by atoms with Gasteiger partial charge in [0.15, 0.2) is 0 Å². The molecular formula is C18H28N2O3. The second-order valence-corrected chi connectivity index (χ2v) is 6.29. The maximum absolute atomic E-state index is 12.5. The van der Waals surface area contributed by atoms with Gasteiger partial charge in [-0.25, -0.2) is 0 Å². The van der Waals surface area contributed by atoms with E-state index in [9.17, 15) is 9.90 Å². The molecule has 0 aromatic heterocycles. The molecule has 1 N–H and O–H groups in total. The molecule has 2 atom stereocenters. The van der Waals surface area contributed by atoms with Gasteiger partial charge in [0, 0.05) is 26.2 Å². The van der Waals surface area contributed by atoms with Gasteiger partial charge in [-0.15, -0.1) is 0 Å². The van der Waals surface area contributed by atoms with E-state index in [2.05, 4.69) is 12.1 Å². The van der Waals surface area contributed by atoms with Crippen molar-refractivity contribution in [1.29, 1.82) is 0 Å². The number of hydrogen-bond acceptors (Lipinski definition) is 4. The average Bonchev–Trinajstić information content (AvgIpc) is 2.53. The third-order valence-corrected chi connectivity index (χ3v) is 4.11. The molecular weight excluding hydrogens is 292 g/mol. The summed E-state index contributed by atoms with van der Waals surface area (Å²) in [4.78, 5) is 16.4. The predicted molar refractivity (Wildman–Crippen MR) is 90.3 cm³/mol. The quantitative estimate of drug-likeness (QED) is 0.819. The lowest BCUT2D eigenvalue weighted by molar-refractivity contribution is -0.144. The first-order valence-electron chi connectivity index (χ1n) is 8.39. The number of carbonyl (C=O) groups excluding carboxylic acids is 1. The molecule has 1 aliphatic heterocycles. The SMILES string of the molecule is CC1CN(C(=O)CN(CCO)CCc2ccccc2)CC(C)O1. The van der Waals surface area contributed by atoms with Gasteiger partial charge in [0.25, 0.3) is 0 Å². The molecule has 1 heterocycles. The van der Waals surface area contributed by atoms with Crippen molar-refractivity contribution >= 4 is 5.91 Å². The van der Waals surface area contributed by atoms with Crippen LogP contribution in [0.2, 0.25) is 0 Å². The Balaban J connectivity index is 1.86. The van der Waals surface area contributed by atoms with Gasteiger partial charge in [-0.05, 0) is 25.8 Å². The largest absolute Gasteiger partial charge is 0.395 e. The van der Waals surface area contributed by atoms with Crippen LogP contribution in [0.3, 0.4) is 0 Å². The van der Waals surface area contributed by atoms with Crippen LogP contribution in [0.15, 0.2) is 30.3 Å². The highest BCUT2D eigenvalue weighted by Gasteiger charge is 2.26. The molecule has 2 rings (SSSR count). The monoisotopic (exact) mass is 320 g/mol. The highest BCUT2D eigenvalue weighted by atomic mass is 16.5. The van der Waals surface area contributed by atoms with Crippen molar-refractivity contribution in [2.45, 2.75) is 32.5 Å². The van der Waals surface area contributed by atoms with E-state index in [0.29, 0.717) is 26.2 Å². The molecule has 1 aromatic carbocycles. The molecule has 128 valence electrons. The molecule has 0 bridgehead atoms. The highest BCUT2D eigenvalue weighted by Crippen LogP contribution is 2.11. The van der Waals surface area contributed by atoms with Gasteiger partial charge in [0.1, 0.15) is 0 Å². The molecule has 1 aromatic rings. The fourth-order valence-corrected chi connectivity index (χ4v) is 3.02. The van der Waals surface area contributed by atoms with Crippen LogP contribution in [-0.4, -0.2) is 72.4 Å². The first kappa shape index (κ1) is 17.9. The third-order valence-electron chi connectivity index (χ3n) is 4.11. The van der Waals surface area contributed by atoms with Crippen molar-refractivity contribution in [3.8, 4) is 0 Å². The summed E-state index contributed by atoms with van der Waals surface area (Å²) < 4.78 is 5.68. The Morgan fingerprint density at radius 2 is 1.87 bits per heavy atom. The van der Waals surface area contributed by atoms with Crippen molar-refractivity contribution in [3.05, 3.63) is 35.9 Å². The van der Waals surface area contributed by atoms with E-state index in [1.54, 1.807) is 0 Å². The normalized spacial score (nSPS) is 21.7. The van der Waals surface area contributed by atoms with Gasteiger partial charge in [-0.3, -0.25) is 9.69 Å². The van der Waals surface area contributed by atoms with Crippen LogP contribution < -0.4 is 0 Å². The molecule has 1 aliphatic rings. The minimum absolute atomic E-state index is 0.0674. The summed E-state index contributed by atoms with van der Waals surface area (Å²) in [6.45, 7) is 7.00. The molecule has 2 unspecified atom stereocenters. The average molecular weight is 320 g/mol. The van der Waals surface area contributed by atoms with Gasteiger partial charge in [0.2, 0.25) is 5.91 Å². The fourth-order valence-electron chi connectivity index (χ4n) is 3.02. The van der Waals surface area contributed by atoms with E-state index in [1.165, 1.54) is 5.56 Å². The van der Waals surface area contributed by atoms with Crippen LogP contribution >= 0.6 is 0 Å². The lowest BCUT2D eigenvalue weighted by atomic mass is 10.1. The number of morpholine rings is 1. The molecule has 0 aliphatic carbocycles. The number of rotatable bonds is 7. The summed E-state index contributed by atoms with van der Waals surface area (Å²) >= 11 is 0. The lowest BCUT2D eigenvalue weighted by Gasteiger charge is -2.36. The molecule has 1 fully saturated rings. The Kier molecular flexibility index (Phi) is 7.02. The van der Waals surface area contributed by atoms with Gasteiger partial charge in [-0.2, -0.15) is 0 Å². The Bertz CT molecular complexity index is 470. The number of nitrogens with zero attached hydrogens (tertiary/aromatic N) is 2. The third kappa shape index (κ3) is 5.94. The number of hydrogen-bond donors (Lipinski definition) is 1. The smallest absolute Gasteiger partial charge is 0.236 e. The maximum atomic E-state index is 12.5. The lowest BCUT2D eigenvalue weighted by Crippen LogP contribution is -2.51. The Morgan fingerprint density at radius 3 is 2.48 bits per heavy atom. The van der Waals surface area contributed by atoms with Gasteiger partial charge >= 0.3 is 0 Å². The standard InChI is InChI=1S/C18H28N2O3/c1-15-12-20(13-16(2)23-15)18(22)14-19(10-11-21)9-8-17-6-4-3-5-7-17/h3-7,15-16,21H,8-14H2,1-2H3. The summed E-state index contributed by atoms with van der Waals surface area (Å²) in [5.74, 6) is 0.119. The number of benzene rings is 1. The minimum atomic E-state index is 0.0674. The summed E-state index contributed by atoms with van der Waals surface area (Å²) in [5, 5.41) is 9.25. The zero-order valence-electron chi connectivity index (χ0n) is 14.1. The van der Waals surface area contributed by atoms with Crippen LogP contribution in [0.5, 0.6) is 0 Å². The summed E-state index contributed by atoms with van der Waals surface area (Å²) in [5.41, 5.74) is 1.25. The second kappa shape index (κ2) is 9.01. The number of aliphatic hydroxyl groups excluding tert-OH is 1. The zero-order chi connectivity index (χ0) is 16.7. The number of carbonyl (C=O) groups is 1. The Labute approximate surface area is 138 Å². The molecule has 5 heteroatoms. The molecule has 23 heavy (non-hydrogen) atoms. The number of amides is 1. The van der Waals surface area contributed by atoms with Crippen molar-refractivity contribution in [1.82, 2.24) is 9.80 Å². The predicted octanol–water partition coefficient (Wildman–Crippen LogP) is 1.16. The molecule has 0 radical (unpaired) electrons.